The van der Waals surface area contributed by atoms with Gasteiger partial charge >= 0.3 is 6.09 Å². The second-order valence-electron chi connectivity index (χ2n) is 6.84. The number of nitrogens with one attached hydrogen (secondary N) is 1. The van der Waals surface area contributed by atoms with E-state index >= 15 is 0 Å². The zero-order valence-electron chi connectivity index (χ0n) is 17.0. The number of alkyl carbamates (subject to hydrolysis) is 1. The number of para-hydroxylation sites is 1. The molecule has 3 aromatic carbocycles. The number of rotatable bonds is 8. The van der Waals surface area contributed by atoms with Gasteiger partial charge in [0.25, 0.3) is 5.91 Å². The molecule has 0 aliphatic rings. The van der Waals surface area contributed by atoms with Gasteiger partial charge in [-0.2, -0.15) is 0 Å². The number of halogens is 1. The number of aromatic hydroxyl groups is 1. The van der Waals surface area contributed by atoms with Crippen molar-refractivity contribution in [3.8, 4) is 11.5 Å². The summed E-state index contributed by atoms with van der Waals surface area (Å²) < 4.78 is 25.4. The normalized spacial score (nSPS) is 12.4. The van der Waals surface area contributed by atoms with E-state index in [2.05, 4.69) is 5.32 Å². The number of hydrogen-bond acceptors (Lipinski definition) is 6. The van der Waals surface area contributed by atoms with E-state index in [0.717, 1.165) is 12.1 Å². The van der Waals surface area contributed by atoms with Crippen molar-refractivity contribution in [1.82, 2.24) is 5.32 Å². The van der Waals surface area contributed by atoms with Gasteiger partial charge in [-0.3, -0.25) is 10.1 Å². The lowest BCUT2D eigenvalue weighted by Crippen LogP contribution is -2.36. The molecule has 0 fully saturated rings. The monoisotopic (exact) mass is 439 g/mol. The molecule has 0 aliphatic heterocycles. The van der Waals surface area contributed by atoms with Gasteiger partial charge in [-0.25, -0.2) is 9.18 Å². The zero-order valence-corrected chi connectivity index (χ0v) is 17.0. The first-order chi connectivity index (χ1) is 15.5. The summed E-state index contributed by atoms with van der Waals surface area (Å²) in [4.78, 5) is 24.8. The number of carbonyl (C=O) groups excluding carboxylic acids is 2. The van der Waals surface area contributed by atoms with Gasteiger partial charge < -0.3 is 19.7 Å². The summed E-state index contributed by atoms with van der Waals surface area (Å²) in [5.74, 6) is -1.72. The molecular formula is C24H22FNO6. The molecule has 0 aliphatic carbocycles. The number of phenols is 1. The van der Waals surface area contributed by atoms with Gasteiger partial charge in [-0.1, -0.05) is 42.5 Å². The first-order valence-electron chi connectivity index (χ1n) is 9.86. The van der Waals surface area contributed by atoms with Crippen molar-refractivity contribution in [2.24, 2.45) is 0 Å². The molecule has 32 heavy (non-hydrogen) atoms. The number of aliphatic hydroxyl groups excluding tert-OH is 1. The van der Waals surface area contributed by atoms with Crippen LogP contribution in [0.5, 0.6) is 11.5 Å². The summed E-state index contributed by atoms with van der Waals surface area (Å²) in [5, 5.41) is 21.2. The Morgan fingerprint density at radius 2 is 1.62 bits per heavy atom. The van der Waals surface area contributed by atoms with Crippen LogP contribution in [0.25, 0.3) is 0 Å². The quantitative estimate of drug-likeness (QED) is 0.491. The van der Waals surface area contributed by atoms with Crippen LogP contribution in [-0.4, -0.2) is 34.9 Å². The molecule has 0 aromatic heterocycles. The number of ether oxygens (including phenoxy) is 2. The first-order valence-corrected chi connectivity index (χ1v) is 9.86. The molecule has 0 bridgehead atoms. The molecule has 0 spiro atoms. The van der Waals surface area contributed by atoms with Gasteiger partial charge in [0.2, 0.25) is 0 Å². The zero-order chi connectivity index (χ0) is 22.9. The smallest absolute Gasteiger partial charge is 0.414 e. The van der Waals surface area contributed by atoms with Crippen molar-refractivity contribution in [2.45, 2.75) is 18.6 Å². The Kier molecular flexibility index (Phi) is 7.77. The van der Waals surface area contributed by atoms with E-state index in [4.69, 9.17) is 9.47 Å². The van der Waals surface area contributed by atoms with Gasteiger partial charge in [0, 0.05) is 18.6 Å². The highest BCUT2D eigenvalue weighted by atomic mass is 19.1. The molecule has 8 heteroatoms. The Morgan fingerprint density at radius 3 is 2.25 bits per heavy atom. The molecule has 0 heterocycles. The minimum Gasteiger partial charge on any atom is -0.505 e. The number of imide groups is 1. The molecule has 2 amide bonds. The molecule has 0 unspecified atom stereocenters. The van der Waals surface area contributed by atoms with Crippen molar-refractivity contribution in [2.75, 3.05) is 6.61 Å². The third-order valence-corrected chi connectivity index (χ3v) is 4.57. The minimum atomic E-state index is -1.19. The Labute approximate surface area is 184 Å². The van der Waals surface area contributed by atoms with E-state index in [-0.39, 0.29) is 24.2 Å². The molecule has 3 N–H and O–H groups in total. The van der Waals surface area contributed by atoms with Crippen LogP contribution in [0.1, 0.15) is 28.4 Å². The molecule has 0 saturated heterocycles. The highest BCUT2D eigenvalue weighted by molar-refractivity contribution is 6.02. The first kappa shape index (κ1) is 22.8. The predicted octanol–water partition coefficient (Wildman–Crippen LogP) is 3.97. The van der Waals surface area contributed by atoms with E-state index in [1.807, 2.05) is 0 Å². The average Bonchev–Trinajstić information content (AvgIpc) is 2.80. The summed E-state index contributed by atoms with van der Waals surface area (Å²) in [5.41, 5.74) is 0.432. The molecule has 3 rings (SSSR count). The van der Waals surface area contributed by atoms with Crippen LogP contribution in [-0.2, 0) is 4.74 Å². The van der Waals surface area contributed by atoms with Crippen LogP contribution < -0.4 is 10.1 Å². The summed E-state index contributed by atoms with van der Waals surface area (Å²) >= 11 is 0. The van der Waals surface area contributed by atoms with Gasteiger partial charge in [0.05, 0.1) is 0 Å². The molecule has 0 saturated carbocycles. The third kappa shape index (κ3) is 6.05. The SMILES string of the molecule is O=C(NC(=O)c1ccccc1)O[C@@H](c1ccc(O)c(F)c1)[C@H](CCO)Oc1ccccc1. The van der Waals surface area contributed by atoms with E-state index in [0.29, 0.717) is 5.75 Å². The fourth-order valence-corrected chi connectivity index (χ4v) is 3.03. The Bertz CT molecular complexity index is 1040. The predicted molar refractivity (Wildman–Crippen MR) is 114 cm³/mol. The van der Waals surface area contributed by atoms with Gasteiger partial charge in [-0.15, -0.1) is 0 Å². The Morgan fingerprint density at radius 1 is 0.969 bits per heavy atom. The minimum absolute atomic E-state index is 0.0436. The lowest BCUT2D eigenvalue weighted by molar-refractivity contribution is 0.00372. The number of phenolic OH excluding ortho intramolecular Hbond substituents is 1. The van der Waals surface area contributed by atoms with Gasteiger partial charge in [0.15, 0.2) is 17.7 Å². The fourth-order valence-electron chi connectivity index (χ4n) is 3.03. The second-order valence-corrected chi connectivity index (χ2v) is 6.84. The highest BCUT2D eigenvalue weighted by Gasteiger charge is 2.30. The third-order valence-electron chi connectivity index (χ3n) is 4.57. The Hall–Kier alpha value is -3.91. The maximum atomic E-state index is 14.0. The van der Waals surface area contributed by atoms with Crippen molar-refractivity contribution < 1.29 is 33.7 Å². The maximum absolute atomic E-state index is 14.0. The van der Waals surface area contributed by atoms with Crippen molar-refractivity contribution >= 4 is 12.0 Å². The van der Waals surface area contributed by atoms with Crippen LogP contribution in [0.2, 0.25) is 0 Å². The van der Waals surface area contributed by atoms with Crippen LogP contribution in [0.3, 0.4) is 0 Å². The number of aliphatic hydroxyl groups is 1. The van der Waals surface area contributed by atoms with E-state index in [9.17, 15) is 24.2 Å². The largest absolute Gasteiger partial charge is 0.505 e. The lowest BCUT2D eigenvalue weighted by Gasteiger charge is -2.28. The van der Waals surface area contributed by atoms with E-state index < -0.39 is 35.8 Å². The summed E-state index contributed by atoms with van der Waals surface area (Å²) in [6.45, 7) is -0.303. The van der Waals surface area contributed by atoms with Gasteiger partial charge in [-0.05, 0) is 42.0 Å². The average molecular weight is 439 g/mol. The second kappa shape index (κ2) is 10.9. The number of hydrogen-bond donors (Lipinski definition) is 3. The molecular weight excluding hydrogens is 417 g/mol. The van der Waals surface area contributed by atoms with E-state index in [1.54, 1.807) is 48.5 Å². The topological polar surface area (TPSA) is 105 Å². The van der Waals surface area contributed by atoms with Crippen molar-refractivity contribution in [3.63, 3.8) is 0 Å². The molecule has 7 nitrogen and oxygen atoms in total. The summed E-state index contributed by atoms with van der Waals surface area (Å²) in [6, 6.07) is 20.2. The van der Waals surface area contributed by atoms with Crippen molar-refractivity contribution in [1.29, 1.82) is 0 Å². The molecule has 166 valence electrons. The maximum Gasteiger partial charge on any atom is 0.414 e. The van der Waals surface area contributed by atoms with Crippen LogP contribution in [0, 0.1) is 5.82 Å². The fraction of sp³-hybridized carbons (Fsp3) is 0.167. The Balaban J connectivity index is 1.85. The number of benzene rings is 3. The summed E-state index contributed by atoms with van der Waals surface area (Å²) in [6.07, 6.45) is -3.14. The van der Waals surface area contributed by atoms with E-state index in [1.165, 1.54) is 18.2 Å². The number of amides is 2. The standard InChI is InChI=1S/C24H22FNO6/c25-19-15-17(11-12-20(19)28)22(21(13-14-27)31-18-9-5-2-6-10-18)32-24(30)26-23(29)16-7-3-1-4-8-16/h1-12,15,21-22,27-28H,13-14H2,(H,26,29,30)/t21-,22-/m0/s1. The van der Waals surface area contributed by atoms with Gasteiger partial charge in [0.1, 0.15) is 11.9 Å². The lowest BCUT2D eigenvalue weighted by atomic mass is 10.0. The number of carbonyl (C=O) groups is 2. The highest BCUT2D eigenvalue weighted by Crippen LogP contribution is 2.30. The van der Waals surface area contributed by atoms with Crippen LogP contribution >= 0.6 is 0 Å². The molecule has 3 aromatic rings. The molecule has 0 radical (unpaired) electrons. The molecule has 2 atom stereocenters. The van der Waals surface area contributed by atoms with Crippen LogP contribution in [0.15, 0.2) is 78.9 Å². The summed E-state index contributed by atoms with van der Waals surface area (Å²) in [7, 11) is 0. The van der Waals surface area contributed by atoms with Crippen LogP contribution in [0.4, 0.5) is 9.18 Å². The van der Waals surface area contributed by atoms with Crippen molar-refractivity contribution in [3.05, 3.63) is 95.8 Å².